The second-order valence-corrected chi connectivity index (χ2v) is 3.28. The van der Waals surface area contributed by atoms with Crippen LogP contribution in [-0.2, 0) is 6.42 Å². The summed E-state index contributed by atoms with van der Waals surface area (Å²) in [6, 6.07) is 4.13. The Morgan fingerprint density at radius 3 is 3.07 bits per heavy atom. The quantitative estimate of drug-likeness (QED) is 0.767. The minimum Gasteiger partial charge on any atom is -0.310 e. The zero-order valence-corrected chi connectivity index (χ0v) is 8.51. The molecule has 0 bridgehead atoms. The number of aromatic nitrogens is 4. The summed E-state index contributed by atoms with van der Waals surface area (Å²) >= 11 is 0. The second-order valence-electron chi connectivity index (χ2n) is 3.28. The van der Waals surface area contributed by atoms with E-state index >= 15 is 0 Å². The van der Waals surface area contributed by atoms with E-state index in [1.165, 1.54) is 11.9 Å². The summed E-state index contributed by atoms with van der Waals surface area (Å²) in [6.45, 7) is 0. The van der Waals surface area contributed by atoms with Crippen LogP contribution in [-0.4, -0.2) is 27.2 Å². The minimum atomic E-state index is 0.150. The first kappa shape index (κ1) is 9.79. The van der Waals surface area contributed by atoms with Crippen molar-refractivity contribution in [3.63, 3.8) is 0 Å². The van der Waals surface area contributed by atoms with Gasteiger partial charge >= 0.3 is 0 Å². The number of pyridine rings is 1. The van der Waals surface area contributed by atoms with Gasteiger partial charge < -0.3 is 5.32 Å². The maximum atomic E-state index is 4.13. The van der Waals surface area contributed by atoms with Gasteiger partial charge in [-0.2, -0.15) is 5.10 Å². The molecule has 15 heavy (non-hydrogen) atoms. The van der Waals surface area contributed by atoms with Gasteiger partial charge in [0.2, 0.25) is 0 Å². The van der Waals surface area contributed by atoms with Crippen LogP contribution < -0.4 is 5.32 Å². The Labute approximate surface area is 88.0 Å². The molecule has 0 aliphatic carbocycles. The van der Waals surface area contributed by atoms with Crippen molar-refractivity contribution in [2.45, 2.75) is 12.5 Å². The molecule has 2 heterocycles. The van der Waals surface area contributed by atoms with Gasteiger partial charge in [-0.1, -0.05) is 6.07 Å². The van der Waals surface area contributed by atoms with Crippen LogP contribution in [0, 0.1) is 0 Å². The highest BCUT2D eigenvalue weighted by Crippen LogP contribution is 2.12. The van der Waals surface area contributed by atoms with E-state index in [1.54, 1.807) is 6.20 Å². The smallest absolute Gasteiger partial charge is 0.141 e. The van der Waals surface area contributed by atoms with E-state index in [0.717, 1.165) is 12.2 Å². The van der Waals surface area contributed by atoms with Gasteiger partial charge in [-0.25, -0.2) is 4.98 Å². The van der Waals surface area contributed by atoms with Crippen molar-refractivity contribution in [2.75, 3.05) is 7.05 Å². The number of hydrogen-bond acceptors (Lipinski definition) is 4. The third kappa shape index (κ3) is 2.38. The van der Waals surface area contributed by atoms with Gasteiger partial charge in [0, 0.05) is 12.4 Å². The van der Waals surface area contributed by atoms with Gasteiger partial charge in [0.15, 0.2) is 0 Å². The van der Waals surface area contributed by atoms with Gasteiger partial charge in [0.05, 0.1) is 6.04 Å². The molecule has 5 heteroatoms. The van der Waals surface area contributed by atoms with Crippen molar-refractivity contribution >= 4 is 0 Å². The number of likely N-dealkylation sites (N-methyl/N-ethyl adjacent to an activating group) is 1. The van der Waals surface area contributed by atoms with E-state index in [0.29, 0.717) is 0 Å². The topological polar surface area (TPSA) is 66.5 Å². The summed E-state index contributed by atoms with van der Waals surface area (Å²) in [5.74, 6) is 0.848. The zero-order valence-electron chi connectivity index (χ0n) is 8.51. The second kappa shape index (κ2) is 4.65. The highest BCUT2D eigenvalue weighted by molar-refractivity contribution is 5.12. The largest absolute Gasteiger partial charge is 0.310 e. The number of aromatic amines is 1. The van der Waals surface area contributed by atoms with E-state index in [-0.39, 0.29) is 6.04 Å². The maximum Gasteiger partial charge on any atom is 0.141 e. The van der Waals surface area contributed by atoms with Crippen molar-refractivity contribution in [2.24, 2.45) is 0 Å². The van der Waals surface area contributed by atoms with Crippen molar-refractivity contribution in [1.82, 2.24) is 25.5 Å². The Hall–Kier alpha value is -1.75. The van der Waals surface area contributed by atoms with Crippen LogP contribution in [0.5, 0.6) is 0 Å². The first-order valence-electron chi connectivity index (χ1n) is 4.81. The zero-order chi connectivity index (χ0) is 10.5. The van der Waals surface area contributed by atoms with Gasteiger partial charge in [-0.05, 0) is 25.1 Å². The summed E-state index contributed by atoms with van der Waals surface area (Å²) in [6.07, 6.45) is 6.00. The fraction of sp³-hybridized carbons (Fsp3) is 0.300. The average Bonchev–Trinajstić information content (AvgIpc) is 2.81. The molecule has 2 N–H and O–H groups in total. The molecule has 2 rings (SSSR count). The molecule has 2 aromatic rings. The Bertz CT molecular complexity index is 383. The Kier molecular flexibility index (Phi) is 3.04. The fourth-order valence-electron chi connectivity index (χ4n) is 1.47. The molecule has 0 radical (unpaired) electrons. The van der Waals surface area contributed by atoms with Crippen LogP contribution in [0.2, 0.25) is 0 Å². The lowest BCUT2D eigenvalue weighted by Crippen LogP contribution is -2.20. The molecule has 0 saturated heterocycles. The lowest BCUT2D eigenvalue weighted by Gasteiger charge is -2.12. The van der Waals surface area contributed by atoms with Gasteiger partial charge in [0.25, 0.3) is 0 Å². The number of rotatable bonds is 4. The molecular formula is C10H13N5. The standard InChI is InChI=1S/C10H13N5/c1-11-9(10-13-7-14-15-10)5-8-3-2-4-12-6-8/h2-4,6-7,9,11H,5H2,1H3,(H,13,14,15). The first-order valence-corrected chi connectivity index (χ1v) is 4.81. The molecule has 1 unspecified atom stereocenters. The number of hydrogen-bond donors (Lipinski definition) is 2. The predicted octanol–water partition coefficient (Wildman–Crippen LogP) is 0.703. The molecule has 0 aliphatic heterocycles. The monoisotopic (exact) mass is 203 g/mol. The first-order chi connectivity index (χ1) is 7.40. The molecule has 0 aromatic carbocycles. The summed E-state index contributed by atoms with van der Waals surface area (Å²) in [4.78, 5) is 8.21. The highest BCUT2D eigenvalue weighted by Gasteiger charge is 2.12. The lowest BCUT2D eigenvalue weighted by atomic mass is 10.1. The van der Waals surface area contributed by atoms with E-state index < -0.39 is 0 Å². The van der Waals surface area contributed by atoms with Crippen LogP contribution in [0.25, 0.3) is 0 Å². The summed E-state index contributed by atoms with van der Waals surface area (Å²) in [7, 11) is 1.91. The summed E-state index contributed by atoms with van der Waals surface area (Å²) < 4.78 is 0. The summed E-state index contributed by atoms with van der Waals surface area (Å²) in [5.41, 5.74) is 1.17. The molecule has 78 valence electrons. The Balaban J connectivity index is 2.10. The number of nitrogens with zero attached hydrogens (tertiary/aromatic N) is 3. The fourth-order valence-corrected chi connectivity index (χ4v) is 1.47. The van der Waals surface area contributed by atoms with Crippen molar-refractivity contribution in [1.29, 1.82) is 0 Å². The molecule has 2 aromatic heterocycles. The normalized spacial score (nSPS) is 12.6. The Morgan fingerprint density at radius 2 is 2.47 bits per heavy atom. The molecule has 0 aliphatic rings. The predicted molar refractivity (Wildman–Crippen MR) is 56.1 cm³/mol. The van der Waals surface area contributed by atoms with Crippen molar-refractivity contribution in [3.05, 3.63) is 42.2 Å². The molecule has 1 atom stereocenters. The molecule has 0 amide bonds. The number of nitrogens with one attached hydrogen (secondary N) is 2. The lowest BCUT2D eigenvalue weighted by molar-refractivity contribution is 0.559. The third-order valence-corrected chi connectivity index (χ3v) is 2.27. The molecule has 5 nitrogen and oxygen atoms in total. The van der Waals surface area contributed by atoms with E-state index in [2.05, 4.69) is 25.5 Å². The van der Waals surface area contributed by atoms with Crippen LogP contribution in [0.15, 0.2) is 30.9 Å². The van der Waals surface area contributed by atoms with Crippen LogP contribution in [0.3, 0.4) is 0 Å². The van der Waals surface area contributed by atoms with E-state index in [1.807, 2.05) is 25.4 Å². The van der Waals surface area contributed by atoms with Crippen LogP contribution in [0.4, 0.5) is 0 Å². The third-order valence-electron chi connectivity index (χ3n) is 2.27. The molecular weight excluding hydrogens is 190 g/mol. The SMILES string of the molecule is CNC(Cc1cccnc1)c1ncn[nH]1. The molecule has 0 fully saturated rings. The van der Waals surface area contributed by atoms with Gasteiger partial charge in [0.1, 0.15) is 12.2 Å². The van der Waals surface area contributed by atoms with Crippen molar-refractivity contribution < 1.29 is 0 Å². The Morgan fingerprint density at radius 1 is 1.53 bits per heavy atom. The van der Waals surface area contributed by atoms with Gasteiger partial charge in [-0.15, -0.1) is 0 Å². The van der Waals surface area contributed by atoms with Gasteiger partial charge in [-0.3, -0.25) is 10.1 Å². The van der Waals surface area contributed by atoms with Crippen molar-refractivity contribution in [3.8, 4) is 0 Å². The average molecular weight is 203 g/mol. The van der Waals surface area contributed by atoms with Crippen LogP contribution >= 0.6 is 0 Å². The summed E-state index contributed by atoms with van der Waals surface area (Å²) in [5, 5.41) is 9.90. The van der Waals surface area contributed by atoms with E-state index in [9.17, 15) is 0 Å². The van der Waals surface area contributed by atoms with Crippen LogP contribution in [0.1, 0.15) is 17.4 Å². The molecule has 0 spiro atoms. The van der Waals surface area contributed by atoms with E-state index in [4.69, 9.17) is 0 Å². The minimum absolute atomic E-state index is 0.150. The maximum absolute atomic E-state index is 4.13. The highest BCUT2D eigenvalue weighted by atomic mass is 15.2. The number of H-pyrrole nitrogens is 1. The molecule has 0 saturated carbocycles.